The summed E-state index contributed by atoms with van der Waals surface area (Å²) in [6, 6.07) is 0. The number of unbranched alkanes of at least 4 members (excludes halogenated alkanes) is 1. The SMILES string of the molecule is CCCCC(C)CC(CN)CC(=O)O. The van der Waals surface area contributed by atoms with Crippen LogP contribution in [-0.4, -0.2) is 17.6 Å². The van der Waals surface area contributed by atoms with Crippen LogP contribution in [-0.2, 0) is 4.79 Å². The molecule has 0 saturated heterocycles. The molecule has 0 aromatic heterocycles. The first-order chi connectivity index (χ1) is 6.60. The second-order valence-electron chi connectivity index (χ2n) is 4.18. The van der Waals surface area contributed by atoms with Gasteiger partial charge in [0.15, 0.2) is 0 Å². The van der Waals surface area contributed by atoms with Crippen molar-refractivity contribution in [3.8, 4) is 0 Å². The summed E-state index contributed by atoms with van der Waals surface area (Å²) in [7, 11) is 0. The van der Waals surface area contributed by atoms with Gasteiger partial charge in [0.2, 0.25) is 0 Å². The molecule has 3 heteroatoms. The predicted octanol–water partition coefficient (Wildman–Crippen LogP) is 2.25. The smallest absolute Gasteiger partial charge is 0.303 e. The fraction of sp³-hybridized carbons (Fsp3) is 0.909. The molecular weight excluding hydrogens is 178 g/mol. The van der Waals surface area contributed by atoms with Gasteiger partial charge in [0, 0.05) is 6.42 Å². The summed E-state index contributed by atoms with van der Waals surface area (Å²) in [5, 5.41) is 8.65. The van der Waals surface area contributed by atoms with Crippen LogP contribution < -0.4 is 5.73 Å². The van der Waals surface area contributed by atoms with Gasteiger partial charge in [-0.1, -0.05) is 33.1 Å². The van der Waals surface area contributed by atoms with Crippen molar-refractivity contribution in [3.05, 3.63) is 0 Å². The summed E-state index contributed by atoms with van der Waals surface area (Å²) in [6.07, 6.45) is 4.78. The standard InChI is InChI=1S/C11H23NO2/c1-3-4-5-9(2)6-10(8-12)7-11(13)14/h9-10H,3-8,12H2,1-2H3,(H,13,14). The molecule has 0 aromatic carbocycles. The van der Waals surface area contributed by atoms with Crippen LogP contribution in [0, 0.1) is 11.8 Å². The molecule has 3 N–H and O–H groups in total. The Bertz CT molecular complexity index is 159. The molecule has 0 rings (SSSR count). The Morgan fingerprint density at radius 3 is 2.57 bits per heavy atom. The average molecular weight is 201 g/mol. The van der Waals surface area contributed by atoms with E-state index in [1.165, 1.54) is 19.3 Å². The summed E-state index contributed by atoms with van der Waals surface area (Å²) < 4.78 is 0. The van der Waals surface area contributed by atoms with Crippen molar-refractivity contribution in [3.63, 3.8) is 0 Å². The first-order valence-corrected chi connectivity index (χ1v) is 5.52. The number of aliphatic carboxylic acids is 1. The van der Waals surface area contributed by atoms with E-state index in [-0.39, 0.29) is 12.3 Å². The molecular formula is C11H23NO2. The molecule has 0 heterocycles. The molecule has 84 valence electrons. The van der Waals surface area contributed by atoms with Crippen LogP contribution in [0.15, 0.2) is 0 Å². The minimum Gasteiger partial charge on any atom is -0.481 e. The maximum Gasteiger partial charge on any atom is 0.303 e. The van der Waals surface area contributed by atoms with Crippen LogP contribution in [0.1, 0.15) is 46.0 Å². The highest BCUT2D eigenvalue weighted by molar-refractivity contribution is 5.67. The predicted molar refractivity (Wildman–Crippen MR) is 58.1 cm³/mol. The topological polar surface area (TPSA) is 63.3 Å². The van der Waals surface area contributed by atoms with Gasteiger partial charge in [0.05, 0.1) is 0 Å². The second-order valence-corrected chi connectivity index (χ2v) is 4.18. The zero-order chi connectivity index (χ0) is 11.0. The van der Waals surface area contributed by atoms with Crippen molar-refractivity contribution in [2.75, 3.05) is 6.54 Å². The number of hydrogen-bond donors (Lipinski definition) is 2. The highest BCUT2D eigenvalue weighted by Gasteiger charge is 2.14. The highest BCUT2D eigenvalue weighted by atomic mass is 16.4. The number of hydrogen-bond acceptors (Lipinski definition) is 2. The van der Waals surface area contributed by atoms with Gasteiger partial charge in [-0.25, -0.2) is 0 Å². The molecule has 0 bridgehead atoms. The Labute approximate surface area is 86.7 Å². The number of rotatable bonds is 8. The van der Waals surface area contributed by atoms with Gasteiger partial charge >= 0.3 is 5.97 Å². The molecule has 0 saturated carbocycles. The number of carbonyl (C=O) groups is 1. The fourth-order valence-electron chi connectivity index (χ4n) is 1.75. The molecule has 3 nitrogen and oxygen atoms in total. The summed E-state index contributed by atoms with van der Waals surface area (Å²) in [6.45, 7) is 4.84. The van der Waals surface area contributed by atoms with E-state index in [0.717, 1.165) is 6.42 Å². The largest absolute Gasteiger partial charge is 0.481 e. The first-order valence-electron chi connectivity index (χ1n) is 5.52. The third kappa shape index (κ3) is 6.89. The van der Waals surface area contributed by atoms with Crippen molar-refractivity contribution >= 4 is 5.97 Å². The molecule has 0 radical (unpaired) electrons. The molecule has 0 aliphatic rings. The van der Waals surface area contributed by atoms with E-state index in [1.807, 2.05) is 0 Å². The van der Waals surface area contributed by atoms with Gasteiger partial charge in [-0.3, -0.25) is 4.79 Å². The van der Waals surface area contributed by atoms with Crippen LogP contribution in [0.4, 0.5) is 0 Å². The maximum atomic E-state index is 10.5. The Morgan fingerprint density at radius 1 is 1.50 bits per heavy atom. The first kappa shape index (κ1) is 13.4. The zero-order valence-corrected chi connectivity index (χ0v) is 9.33. The highest BCUT2D eigenvalue weighted by Crippen LogP contribution is 2.19. The molecule has 14 heavy (non-hydrogen) atoms. The van der Waals surface area contributed by atoms with Crippen LogP contribution in [0.25, 0.3) is 0 Å². The van der Waals surface area contributed by atoms with Gasteiger partial charge in [0.1, 0.15) is 0 Å². The summed E-state index contributed by atoms with van der Waals surface area (Å²) >= 11 is 0. The van der Waals surface area contributed by atoms with E-state index < -0.39 is 5.97 Å². The third-order valence-corrected chi connectivity index (χ3v) is 2.58. The molecule has 0 amide bonds. The summed E-state index contributed by atoms with van der Waals surface area (Å²) in [5.41, 5.74) is 5.53. The number of carboxylic acids is 1. The lowest BCUT2D eigenvalue weighted by atomic mass is 9.90. The van der Waals surface area contributed by atoms with Crippen molar-refractivity contribution < 1.29 is 9.90 Å². The zero-order valence-electron chi connectivity index (χ0n) is 9.33. The van der Waals surface area contributed by atoms with E-state index in [1.54, 1.807) is 0 Å². The Kier molecular flexibility index (Phi) is 7.48. The minimum atomic E-state index is -0.733. The summed E-state index contributed by atoms with van der Waals surface area (Å²) in [4.78, 5) is 10.5. The van der Waals surface area contributed by atoms with E-state index in [9.17, 15) is 4.79 Å². The lowest BCUT2D eigenvalue weighted by Crippen LogP contribution is -2.20. The average Bonchev–Trinajstić information content (AvgIpc) is 2.12. The van der Waals surface area contributed by atoms with Gasteiger partial charge in [0.25, 0.3) is 0 Å². The van der Waals surface area contributed by atoms with Gasteiger partial charge < -0.3 is 10.8 Å². The van der Waals surface area contributed by atoms with E-state index in [4.69, 9.17) is 10.8 Å². The fourth-order valence-corrected chi connectivity index (χ4v) is 1.75. The molecule has 0 aliphatic carbocycles. The van der Waals surface area contributed by atoms with E-state index >= 15 is 0 Å². The van der Waals surface area contributed by atoms with Crippen LogP contribution in [0.2, 0.25) is 0 Å². The Morgan fingerprint density at radius 2 is 2.14 bits per heavy atom. The second kappa shape index (κ2) is 7.80. The van der Waals surface area contributed by atoms with Gasteiger partial charge in [-0.05, 0) is 24.8 Å². The molecule has 0 fully saturated rings. The van der Waals surface area contributed by atoms with E-state index in [0.29, 0.717) is 12.5 Å². The van der Waals surface area contributed by atoms with Crippen LogP contribution >= 0.6 is 0 Å². The van der Waals surface area contributed by atoms with Crippen LogP contribution in [0.5, 0.6) is 0 Å². The van der Waals surface area contributed by atoms with Gasteiger partial charge in [-0.2, -0.15) is 0 Å². The lowest BCUT2D eigenvalue weighted by Gasteiger charge is -2.17. The van der Waals surface area contributed by atoms with Crippen molar-refractivity contribution in [1.82, 2.24) is 0 Å². The molecule has 2 unspecified atom stereocenters. The Hall–Kier alpha value is -0.570. The molecule has 0 spiro atoms. The summed E-state index contributed by atoms with van der Waals surface area (Å²) in [5.74, 6) is 0.0188. The lowest BCUT2D eigenvalue weighted by molar-refractivity contribution is -0.138. The van der Waals surface area contributed by atoms with Crippen molar-refractivity contribution in [1.29, 1.82) is 0 Å². The van der Waals surface area contributed by atoms with Gasteiger partial charge in [-0.15, -0.1) is 0 Å². The van der Waals surface area contributed by atoms with Crippen molar-refractivity contribution in [2.45, 2.75) is 46.0 Å². The Balaban J connectivity index is 3.73. The molecule has 0 aliphatic heterocycles. The van der Waals surface area contributed by atoms with E-state index in [2.05, 4.69) is 13.8 Å². The molecule has 2 atom stereocenters. The minimum absolute atomic E-state index is 0.152. The third-order valence-electron chi connectivity index (χ3n) is 2.58. The quantitative estimate of drug-likeness (QED) is 0.633. The van der Waals surface area contributed by atoms with Crippen molar-refractivity contribution in [2.24, 2.45) is 17.6 Å². The molecule has 0 aromatic rings. The number of nitrogens with two attached hydrogens (primary N) is 1. The van der Waals surface area contributed by atoms with Crippen LogP contribution in [0.3, 0.4) is 0 Å². The normalized spacial score (nSPS) is 15.1. The number of carboxylic acid groups (broad SMARTS) is 1. The monoisotopic (exact) mass is 201 g/mol. The maximum absolute atomic E-state index is 10.5.